The van der Waals surface area contributed by atoms with E-state index in [2.05, 4.69) is 62.5 Å². The van der Waals surface area contributed by atoms with Crippen molar-refractivity contribution in [3.05, 3.63) is 82.1 Å². The Bertz CT molecular complexity index is 975. The molecule has 3 nitrogen and oxygen atoms in total. The highest BCUT2D eigenvalue weighted by Gasteiger charge is 2.38. The van der Waals surface area contributed by atoms with E-state index in [1.54, 1.807) is 0 Å². The molecule has 2 atom stereocenters. The third-order valence-electron chi connectivity index (χ3n) is 6.26. The first kappa shape index (κ1) is 19.6. The van der Waals surface area contributed by atoms with Crippen LogP contribution in [-0.4, -0.2) is 11.7 Å². The number of rotatable bonds is 2. The molecule has 0 saturated heterocycles. The normalized spacial score (nSPS) is 22.3. The van der Waals surface area contributed by atoms with Gasteiger partial charge >= 0.3 is 0 Å². The molecule has 0 spiro atoms. The molecule has 0 aromatic heterocycles. The third kappa shape index (κ3) is 3.91. The highest BCUT2D eigenvalue weighted by molar-refractivity contribution is 6.02. The fourth-order valence-electron chi connectivity index (χ4n) is 4.53. The monoisotopic (exact) mass is 387 g/mol. The Morgan fingerprint density at radius 1 is 0.828 bits per heavy atom. The van der Waals surface area contributed by atoms with Crippen LogP contribution in [-0.2, 0) is 15.0 Å². The van der Waals surface area contributed by atoms with Gasteiger partial charge in [-0.1, -0.05) is 74.9 Å². The maximum absolute atomic E-state index is 13.2. The summed E-state index contributed by atoms with van der Waals surface area (Å²) in [6.45, 7) is 8.65. The SMILES string of the molecule is Cc1ccc([C@@H]2CC(=O)NC3=C2C(=O)C[C@@H](c2ccc(C(C)(C)C)cc2)C3)cc1. The molecule has 0 saturated carbocycles. The van der Waals surface area contributed by atoms with Gasteiger partial charge in [-0.25, -0.2) is 0 Å². The fourth-order valence-corrected chi connectivity index (χ4v) is 4.53. The second kappa shape index (κ2) is 7.29. The van der Waals surface area contributed by atoms with Crippen LogP contribution in [0.2, 0.25) is 0 Å². The van der Waals surface area contributed by atoms with Crippen molar-refractivity contribution in [2.24, 2.45) is 0 Å². The Morgan fingerprint density at radius 3 is 2.07 bits per heavy atom. The van der Waals surface area contributed by atoms with Gasteiger partial charge < -0.3 is 5.32 Å². The molecule has 0 fully saturated rings. The smallest absolute Gasteiger partial charge is 0.225 e. The summed E-state index contributed by atoms with van der Waals surface area (Å²) in [5.74, 6) is 0.163. The van der Waals surface area contributed by atoms with E-state index in [0.29, 0.717) is 19.3 Å². The minimum absolute atomic E-state index is 0.00542. The maximum atomic E-state index is 13.2. The summed E-state index contributed by atoms with van der Waals surface area (Å²) >= 11 is 0. The van der Waals surface area contributed by atoms with Gasteiger partial charge in [0.25, 0.3) is 0 Å². The van der Waals surface area contributed by atoms with Crippen molar-refractivity contribution in [3.63, 3.8) is 0 Å². The highest BCUT2D eigenvalue weighted by Crippen LogP contribution is 2.42. The number of allylic oxidation sites excluding steroid dienone is 2. The van der Waals surface area contributed by atoms with Crippen LogP contribution in [0.3, 0.4) is 0 Å². The van der Waals surface area contributed by atoms with Crippen LogP contribution in [0.25, 0.3) is 0 Å². The van der Waals surface area contributed by atoms with Crippen LogP contribution in [0, 0.1) is 6.92 Å². The number of carbonyl (C=O) groups is 2. The zero-order valence-electron chi connectivity index (χ0n) is 17.7. The number of hydrogen-bond acceptors (Lipinski definition) is 2. The Labute approximate surface area is 173 Å². The van der Waals surface area contributed by atoms with Crippen molar-refractivity contribution in [1.82, 2.24) is 5.32 Å². The molecule has 150 valence electrons. The minimum atomic E-state index is -0.129. The summed E-state index contributed by atoms with van der Waals surface area (Å²) < 4.78 is 0. The predicted molar refractivity (Wildman–Crippen MR) is 116 cm³/mol. The standard InChI is InChI=1S/C26H29NO2/c1-16-5-7-18(8-6-16)21-15-24(29)27-22-13-19(14-23(28)25(21)22)17-9-11-20(12-10-17)26(2,3)4/h5-12,19,21H,13-15H2,1-4H3,(H,27,29)/t19-,21-/m0/s1. The molecule has 1 amide bonds. The quantitative estimate of drug-likeness (QED) is 0.760. The Balaban J connectivity index is 1.65. The summed E-state index contributed by atoms with van der Waals surface area (Å²) in [5, 5.41) is 3.02. The van der Waals surface area contributed by atoms with Crippen molar-refractivity contribution in [1.29, 1.82) is 0 Å². The number of nitrogens with one attached hydrogen (secondary N) is 1. The van der Waals surface area contributed by atoms with Crippen LogP contribution >= 0.6 is 0 Å². The van der Waals surface area contributed by atoms with Gasteiger partial charge in [0.2, 0.25) is 5.91 Å². The molecule has 1 aliphatic carbocycles. The van der Waals surface area contributed by atoms with Gasteiger partial charge in [-0.3, -0.25) is 9.59 Å². The van der Waals surface area contributed by atoms with E-state index in [-0.39, 0.29) is 28.9 Å². The molecular formula is C26H29NO2. The summed E-state index contributed by atoms with van der Waals surface area (Å²) in [6.07, 6.45) is 1.56. The lowest BCUT2D eigenvalue weighted by molar-refractivity contribution is -0.122. The first-order valence-electron chi connectivity index (χ1n) is 10.5. The minimum Gasteiger partial charge on any atom is -0.329 e. The summed E-state index contributed by atoms with van der Waals surface area (Å²) in [6, 6.07) is 16.8. The largest absolute Gasteiger partial charge is 0.329 e. The predicted octanol–water partition coefficient (Wildman–Crippen LogP) is 5.30. The van der Waals surface area contributed by atoms with Gasteiger partial charge in [-0.05, 0) is 41.4 Å². The van der Waals surface area contributed by atoms with Gasteiger partial charge in [0.1, 0.15) is 0 Å². The summed E-state index contributed by atoms with van der Waals surface area (Å²) in [5.41, 5.74) is 6.44. The van der Waals surface area contributed by atoms with Gasteiger partial charge in [-0.2, -0.15) is 0 Å². The van der Waals surface area contributed by atoms with Crippen molar-refractivity contribution in [2.45, 2.75) is 64.2 Å². The summed E-state index contributed by atoms with van der Waals surface area (Å²) in [7, 11) is 0. The molecule has 2 aromatic carbocycles. The van der Waals surface area contributed by atoms with Crippen molar-refractivity contribution in [3.8, 4) is 0 Å². The summed E-state index contributed by atoms with van der Waals surface area (Å²) in [4.78, 5) is 25.6. The fraction of sp³-hybridized carbons (Fsp3) is 0.385. The number of carbonyl (C=O) groups excluding carboxylic acids is 2. The Morgan fingerprint density at radius 2 is 1.45 bits per heavy atom. The molecular weight excluding hydrogens is 358 g/mol. The van der Waals surface area contributed by atoms with Gasteiger partial charge in [-0.15, -0.1) is 0 Å². The molecule has 1 aliphatic heterocycles. The average molecular weight is 388 g/mol. The van der Waals surface area contributed by atoms with Crippen molar-refractivity contribution < 1.29 is 9.59 Å². The molecule has 3 heteroatoms. The van der Waals surface area contributed by atoms with Crippen LogP contribution in [0.5, 0.6) is 0 Å². The van der Waals surface area contributed by atoms with E-state index in [9.17, 15) is 9.59 Å². The molecule has 4 rings (SSSR count). The van der Waals surface area contributed by atoms with Crippen LogP contribution in [0.1, 0.15) is 74.1 Å². The Kier molecular flexibility index (Phi) is 4.94. The van der Waals surface area contributed by atoms with E-state index < -0.39 is 0 Å². The lowest BCUT2D eigenvalue weighted by Crippen LogP contribution is -2.38. The van der Waals surface area contributed by atoms with Gasteiger partial charge in [0.15, 0.2) is 5.78 Å². The molecule has 0 radical (unpaired) electrons. The maximum Gasteiger partial charge on any atom is 0.225 e. The van der Waals surface area contributed by atoms with Crippen molar-refractivity contribution in [2.75, 3.05) is 0 Å². The van der Waals surface area contributed by atoms with Crippen LogP contribution in [0.4, 0.5) is 0 Å². The van der Waals surface area contributed by atoms with E-state index in [4.69, 9.17) is 0 Å². The van der Waals surface area contributed by atoms with Gasteiger partial charge in [0, 0.05) is 30.0 Å². The molecule has 1 heterocycles. The molecule has 2 aromatic rings. The lowest BCUT2D eigenvalue weighted by Gasteiger charge is -2.34. The first-order chi connectivity index (χ1) is 13.7. The topological polar surface area (TPSA) is 46.2 Å². The number of benzene rings is 2. The van der Waals surface area contributed by atoms with Crippen LogP contribution < -0.4 is 5.32 Å². The molecule has 1 N–H and O–H groups in total. The van der Waals surface area contributed by atoms with E-state index >= 15 is 0 Å². The molecule has 29 heavy (non-hydrogen) atoms. The lowest BCUT2D eigenvalue weighted by atomic mass is 9.73. The zero-order chi connectivity index (χ0) is 20.8. The number of amides is 1. The Hall–Kier alpha value is -2.68. The van der Waals surface area contributed by atoms with E-state index in [0.717, 1.165) is 16.8 Å². The second-order valence-corrected chi connectivity index (χ2v) is 9.51. The number of Topliss-reactive ketones (excluding diaryl/α,β-unsaturated/α-hetero) is 1. The second-order valence-electron chi connectivity index (χ2n) is 9.51. The average Bonchev–Trinajstić information content (AvgIpc) is 2.67. The first-order valence-corrected chi connectivity index (χ1v) is 10.5. The third-order valence-corrected chi connectivity index (χ3v) is 6.26. The molecule has 0 bridgehead atoms. The van der Waals surface area contributed by atoms with Crippen molar-refractivity contribution >= 4 is 11.7 Å². The van der Waals surface area contributed by atoms with Gasteiger partial charge in [0.05, 0.1) is 0 Å². The van der Waals surface area contributed by atoms with Crippen LogP contribution in [0.15, 0.2) is 59.8 Å². The highest BCUT2D eigenvalue weighted by atomic mass is 16.2. The number of aryl methyl sites for hydroxylation is 1. The van der Waals surface area contributed by atoms with E-state index in [1.165, 1.54) is 16.7 Å². The molecule has 2 aliphatic rings. The zero-order valence-corrected chi connectivity index (χ0v) is 17.7. The number of ketones is 1. The molecule has 0 unspecified atom stereocenters. The number of hydrogen-bond donors (Lipinski definition) is 1. The van der Waals surface area contributed by atoms with E-state index in [1.807, 2.05) is 19.1 Å².